The van der Waals surface area contributed by atoms with E-state index in [2.05, 4.69) is 9.98 Å². The summed E-state index contributed by atoms with van der Waals surface area (Å²) in [6.07, 6.45) is 3.11. The first-order valence-electron chi connectivity index (χ1n) is 8.79. The average Bonchev–Trinajstić information content (AvgIpc) is 2.74. The van der Waals surface area contributed by atoms with Gasteiger partial charge < -0.3 is 20.8 Å². The Morgan fingerprint density at radius 3 is 1.42 bits per heavy atom. The van der Waals surface area contributed by atoms with Gasteiger partial charge >= 0.3 is 17.1 Å². The monoisotopic (exact) mass is 457 g/mol. The number of hydrogen-bond donors (Lipinski definition) is 0. The van der Waals surface area contributed by atoms with Crippen molar-refractivity contribution in [3.8, 4) is 23.3 Å². The fourth-order valence-corrected chi connectivity index (χ4v) is 2.17. The fraction of sp³-hybridized carbons (Fsp3) is 0.0870. The van der Waals surface area contributed by atoms with Crippen LogP contribution in [-0.2, 0) is 17.1 Å². The zero-order chi connectivity index (χ0) is 20.9. The van der Waals surface area contributed by atoms with Gasteiger partial charge in [0.15, 0.2) is 0 Å². The molecule has 31 heavy (non-hydrogen) atoms. The molecule has 0 heterocycles. The zero-order valence-corrected chi connectivity index (χ0v) is 17.6. The molecule has 158 valence electrons. The van der Waals surface area contributed by atoms with Gasteiger partial charge in [0.1, 0.15) is 0 Å². The van der Waals surface area contributed by atoms with Crippen LogP contribution in [0.25, 0.3) is 0 Å². The Labute approximate surface area is 191 Å². The zero-order valence-electron chi connectivity index (χ0n) is 16.4. The average molecular weight is 457 g/mol. The van der Waals surface area contributed by atoms with Crippen molar-refractivity contribution in [1.82, 2.24) is 0 Å². The molecular formula is C23H20MnN3O4. The van der Waals surface area contributed by atoms with Gasteiger partial charge in [-0.25, -0.2) is 0 Å². The molecule has 0 aliphatic rings. The van der Waals surface area contributed by atoms with Gasteiger partial charge in [-0.3, -0.25) is 9.98 Å². The molecule has 3 aromatic rings. The van der Waals surface area contributed by atoms with E-state index < -0.39 is 0 Å². The van der Waals surface area contributed by atoms with Crippen LogP contribution in [0.4, 0.5) is 0 Å². The molecule has 3 aromatic carbocycles. The van der Waals surface area contributed by atoms with Gasteiger partial charge in [0.05, 0.1) is 19.2 Å². The molecule has 0 fully saturated rings. The maximum absolute atomic E-state index is 11.4. The Kier molecular flexibility index (Phi) is 13.5. The predicted octanol–water partition coefficient (Wildman–Crippen LogP) is 1.18. The van der Waals surface area contributed by atoms with Crippen LogP contribution in [0.15, 0.2) is 82.8 Å². The maximum Gasteiger partial charge on any atom is 3.00 e. The molecule has 0 saturated carbocycles. The van der Waals surface area contributed by atoms with Crippen LogP contribution in [0.3, 0.4) is 0 Å². The van der Waals surface area contributed by atoms with E-state index in [-0.39, 0.29) is 45.4 Å². The molecule has 0 aliphatic heterocycles. The van der Waals surface area contributed by atoms with Crippen LogP contribution in [-0.4, -0.2) is 31.0 Å². The van der Waals surface area contributed by atoms with Gasteiger partial charge in [0.2, 0.25) is 0 Å². The molecule has 0 aliphatic carbocycles. The molecular weight excluding hydrogens is 437 g/mol. The van der Waals surface area contributed by atoms with Gasteiger partial charge in [-0.1, -0.05) is 72.5 Å². The molecule has 0 aromatic heterocycles. The summed E-state index contributed by atoms with van der Waals surface area (Å²) < 4.78 is 0. The largest absolute Gasteiger partial charge is 3.00 e. The molecule has 0 amide bonds. The second kappa shape index (κ2) is 15.2. The molecule has 0 saturated heterocycles. The minimum atomic E-state index is -0.208. The van der Waals surface area contributed by atoms with Crippen molar-refractivity contribution in [3.05, 3.63) is 89.5 Å². The predicted molar refractivity (Wildman–Crippen MR) is 111 cm³/mol. The number of nitrogens with zero attached hydrogens (tertiary/aromatic N) is 3. The fourth-order valence-electron chi connectivity index (χ4n) is 2.17. The summed E-state index contributed by atoms with van der Waals surface area (Å²) in [6, 6.07) is 21.4. The quantitative estimate of drug-likeness (QED) is 0.321. The second-order valence-electron chi connectivity index (χ2n) is 5.75. The Morgan fingerprint density at radius 2 is 1.06 bits per heavy atom. The van der Waals surface area contributed by atoms with Crippen molar-refractivity contribution in [2.45, 2.75) is 0 Å². The standard InChI is InChI=1S/C16H16N2O2.C7H5NO.Mn.H2O/c19-15-7-3-1-5-13(15)11-17-9-10-18-12-14-6-2-4-8-16(14)20;8-5-6-3-1-2-4-7(6)9;;/h1-8,11-12,19-20H,9-10H2;1-4,9H;;1H2/q;;+3;/p-3. The molecule has 3 rings (SSSR count). The van der Waals surface area contributed by atoms with Crippen molar-refractivity contribution < 1.29 is 37.9 Å². The summed E-state index contributed by atoms with van der Waals surface area (Å²) in [5.41, 5.74) is 1.35. The molecule has 0 unspecified atom stereocenters. The molecule has 2 N–H and O–H groups in total. The molecule has 7 nitrogen and oxygen atoms in total. The molecule has 0 spiro atoms. The third-order valence-corrected chi connectivity index (χ3v) is 3.66. The number of benzene rings is 3. The van der Waals surface area contributed by atoms with Crippen molar-refractivity contribution in [2.24, 2.45) is 9.98 Å². The summed E-state index contributed by atoms with van der Waals surface area (Å²) in [7, 11) is 0. The smallest absolute Gasteiger partial charge is 0.872 e. The van der Waals surface area contributed by atoms with Crippen LogP contribution in [0.5, 0.6) is 17.2 Å². The van der Waals surface area contributed by atoms with E-state index in [0.717, 1.165) is 0 Å². The summed E-state index contributed by atoms with van der Waals surface area (Å²) in [6.45, 7) is 0.956. The number of aliphatic imine (C=N–C) groups is 2. The van der Waals surface area contributed by atoms with Crippen LogP contribution in [0.1, 0.15) is 16.7 Å². The minimum absolute atomic E-state index is 0. The van der Waals surface area contributed by atoms with E-state index in [1.54, 1.807) is 67.0 Å². The van der Waals surface area contributed by atoms with Gasteiger partial charge in [0.25, 0.3) is 0 Å². The first-order valence-corrected chi connectivity index (χ1v) is 8.79. The Bertz CT molecular complexity index is 978. The van der Waals surface area contributed by atoms with Crippen molar-refractivity contribution >= 4 is 12.4 Å². The van der Waals surface area contributed by atoms with E-state index >= 15 is 0 Å². The van der Waals surface area contributed by atoms with Crippen molar-refractivity contribution in [2.75, 3.05) is 13.1 Å². The third-order valence-electron chi connectivity index (χ3n) is 3.66. The summed E-state index contributed by atoms with van der Waals surface area (Å²) in [5, 5.41) is 41.7. The first kappa shape index (κ1) is 27.4. The molecule has 0 bridgehead atoms. The third kappa shape index (κ3) is 9.61. The Balaban J connectivity index is 0.000000695. The van der Waals surface area contributed by atoms with Gasteiger partial charge in [-0.2, -0.15) is 5.26 Å². The normalized spacial score (nSPS) is 9.77. The van der Waals surface area contributed by atoms with Crippen LogP contribution < -0.4 is 15.3 Å². The van der Waals surface area contributed by atoms with E-state index in [0.29, 0.717) is 24.2 Å². The topological polar surface area (TPSA) is 149 Å². The number of rotatable bonds is 5. The number of nitriles is 1. The molecule has 0 radical (unpaired) electrons. The van der Waals surface area contributed by atoms with Gasteiger partial charge in [-0.05, 0) is 17.2 Å². The van der Waals surface area contributed by atoms with E-state index in [1.165, 1.54) is 24.3 Å². The minimum Gasteiger partial charge on any atom is -0.872 e. The molecule has 0 atom stereocenters. The van der Waals surface area contributed by atoms with Gasteiger partial charge in [-0.15, -0.1) is 11.5 Å². The van der Waals surface area contributed by atoms with E-state index in [4.69, 9.17) is 5.26 Å². The van der Waals surface area contributed by atoms with Crippen LogP contribution >= 0.6 is 0 Å². The maximum atomic E-state index is 11.4. The Morgan fingerprint density at radius 1 is 0.677 bits per heavy atom. The van der Waals surface area contributed by atoms with Crippen molar-refractivity contribution in [3.63, 3.8) is 0 Å². The summed E-state index contributed by atoms with van der Waals surface area (Å²) in [4.78, 5) is 8.28. The SMILES string of the molecule is N#Cc1ccccc1[O-].O.[Mn+3].[O-]c1ccccc1C=NCCN=Cc1ccccc1[O-]. The number of hydrogen-bond acceptors (Lipinski definition) is 6. The van der Waals surface area contributed by atoms with E-state index in [1.807, 2.05) is 0 Å². The molecule has 8 heteroatoms. The first-order chi connectivity index (χ1) is 14.1. The Hall–Kier alpha value is -3.63. The van der Waals surface area contributed by atoms with Crippen LogP contribution in [0.2, 0.25) is 0 Å². The summed E-state index contributed by atoms with van der Waals surface area (Å²) in [5.74, 6) is -0.292. The van der Waals surface area contributed by atoms with Gasteiger partial charge in [0, 0.05) is 18.0 Å². The van der Waals surface area contributed by atoms with Crippen molar-refractivity contribution in [1.29, 1.82) is 5.26 Å². The summed E-state index contributed by atoms with van der Waals surface area (Å²) >= 11 is 0. The second-order valence-corrected chi connectivity index (χ2v) is 5.75. The van der Waals surface area contributed by atoms with Crippen LogP contribution in [0, 0.1) is 11.3 Å². The number of para-hydroxylation sites is 3. The van der Waals surface area contributed by atoms with E-state index in [9.17, 15) is 15.3 Å².